The van der Waals surface area contributed by atoms with Crippen molar-refractivity contribution in [3.63, 3.8) is 0 Å². The molecule has 0 aromatic heterocycles. The van der Waals surface area contributed by atoms with Crippen LogP contribution in [0.5, 0.6) is 11.5 Å². The number of carbonyl (C=O) groups excluding carboxylic acids is 1. The van der Waals surface area contributed by atoms with Crippen molar-refractivity contribution in [1.29, 1.82) is 0 Å². The average molecular weight is 393 g/mol. The molecule has 0 heterocycles. The largest absolute Gasteiger partial charge is 0.508 e. The fourth-order valence-corrected chi connectivity index (χ4v) is 4.10. The van der Waals surface area contributed by atoms with E-state index < -0.39 is 0 Å². The highest BCUT2D eigenvalue weighted by Gasteiger charge is 2.16. The van der Waals surface area contributed by atoms with E-state index in [1.165, 1.54) is 11.8 Å². The van der Waals surface area contributed by atoms with Crippen LogP contribution in [0.1, 0.15) is 24.5 Å². The zero-order valence-electron chi connectivity index (χ0n) is 15.2. The number of thioether (sulfide) groups is 2. The summed E-state index contributed by atoms with van der Waals surface area (Å²) >= 11 is 3.10. The number of esters is 1. The Morgan fingerprint density at radius 2 is 1.62 bits per heavy atom. The number of phenols is 2. The lowest BCUT2D eigenvalue weighted by Crippen LogP contribution is -2.17. The molecule has 0 radical (unpaired) electrons. The number of hydrogen-bond donors (Lipinski definition) is 2. The predicted octanol–water partition coefficient (Wildman–Crippen LogP) is 4.92. The van der Waals surface area contributed by atoms with Gasteiger partial charge in [0.1, 0.15) is 16.7 Å². The van der Waals surface area contributed by atoms with E-state index >= 15 is 0 Å². The molecular weight excluding hydrogens is 368 g/mol. The van der Waals surface area contributed by atoms with E-state index in [0.29, 0.717) is 12.4 Å². The molecule has 0 saturated carbocycles. The summed E-state index contributed by atoms with van der Waals surface area (Å²) in [6, 6.07) is 10.8. The molecule has 0 fully saturated rings. The van der Waals surface area contributed by atoms with Gasteiger partial charge < -0.3 is 14.9 Å². The molecule has 2 aromatic rings. The fraction of sp³-hybridized carbons (Fsp3) is 0.350. The van der Waals surface area contributed by atoms with E-state index in [9.17, 15) is 15.0 Å². The zero-order chi connectivity index (χ0) is 19.1. The van der Waals surface area contributed by atoms with E-state index in [1.54, 1.807) is 30.0 Å². The van der Waals surface area contributed by atoms with Gasteiger partial charge in [0.2, 0.25) is 0 Å². The maximum absolute atomic E-state index is 12.1. The molecule has 0 spiro atoms. The van der Waals surface area contributed by atoms with Gasteiger partial charge in [-0.2, -0.15) is 0 Å². The van der Waals surface area contributed by atoms with E-state index in [2.05, 4.69) is 0 Å². The summed E-state index contributed by atoms with van der Waals surface area (Å²) in [4.78, 5) is 14.1. The van der Waals surface area contributed by atoms with Crippen LogP contribution in [0.4, 0.5) is 0 Å². The molecule has 1 unspecified atom stereocenters. The van der Waals surface area contributed by atoms with Crippen LogP contribution in [0.25, 0.3) is 0 Å². The minimum atomic E-state index is -0.300. The number of hydrogen-bond acceptors (Lipinski definition) is 6. The summed E-state index contributed by atoms with van der Waals surface area (Å²) in [6.07, 6.45) is 0.770. The third kappa shape index (κ3) is 6.18. The van der Waals surface area contributed by atoms with Gasteiger partial charge in [-0.1, -0.05) is 0 Å². The molecule has 26 heavy (non-hydrogen) atoms. The lowest BCUT2D eigenvalue weighted by atomic mass is 10.2. The summed E-state index contributed by atoms with van der Waals surface area (Å²) in [6.45, 7) is 5.91. The second-order valence-electron chi connectivity index (χ2n) is 6.03. The Kier molecular flexibility index (Phi) is 7.72. The SMILES string of the molecule is Cc1cc(SCCCOC(=O)C(C)Sc2ccc(O)c(C)c2)ccc1O. The average Bonchev–Trinajstić information content (AvgIpc) is 2.60. The monoisotopic (exact) mass is 392 g/mol. The predicted molar refractivity (Wildman–Crippen MR) is 107 cm³/mol. The molecule has 0 bridgehead atoms. The van der Waals surface area contributed by atoms with Gasteiger partial charge >= 0.3 is 5.97 Å². The van der Waals surface area contributed by atoms with Crippen molar-refractivity contribution >= 4 is 29.5 Å². The first-order valence-corrected chi connectivity index (χ1v) is 10.3. The molecule has 2 N–H and O–H groups in total. The standard InChI is InChI=1S/C20H24O4S2/c1-13-11-16(5-7-18(13)21)25-10-4-9-24-20(23)15(3)26-17-6-8-19(22)14(2)12-17/h5-8,11-12,15,21-22H,4,9-10H2,1-3H3. The summed E-state index contributed by atoms with van der Waals surface area (Å²) in [7, 11) is 0. The van der Waals surface area contributed by atoms with Crippen LogP contribution in [-0.4, -0.2) is 33.8 Å². The van der Waals surface area contributed by atoms with Crippen molar-refractivity contribution in [2.45, 2.75) is 42.2 Å². The van der Waals surface area contributed by atoms with Gasteiger partial charge in [0.15, 0.2) is 0 Å². The van der Waals surface area contributed by atoms with E-state index in [1.807, 2.05) is 39.0 Å². The number of carbonyl (C=O) groups is 1. The van der Waals surface area contributed by atoms with Gasteiger partial charge in [0.05, 0.1) is 6.61 Å². The lowest BCUT2D eigenvalue weighted by molar-refractivity contribution is -0.142. The van der Waals surface area contributed by atoms with Crippen molar-refractivity contribution in [2.24, 2.45) is 0 Å². The van der Waals surface area contributed by atoms with Crippen LogP contribution in [0.15, 0.2) is 46.2 Å². The number of benzene rings is 2. The minimum Gasteiger partial charge on any atom is -0.508 e. The molecule has 140 valence electrons. The summed E-state index contributed by atoms with van der Waals surface area (Å²) in [5.41, 5.74) is 1.65. The van der Waals surface area contributed by atoms with Gasteiger partial charge in [0, 0.05) is 15.5 Å². The smallest absolute Gasteiger partial charge is 0.319 e. The number of aryl methyl sites for hydroxylation is 2. The number of aromatic hydroxyl groups is 2. The first-order valence-electron chi connectivity index (χ1n) is 8.42. The van der Waals surface area contributed by atoms with Crippen molar-refractivity contribution in [2.75, 3.05) is 12.4 Å². The van der Waals surface area contributed by atoms with Crippen LogP contribution < -0.4 is 0 Å². The molecular formula is C20H24O4S2. The van der Waals surface area contributed by atoms with Gasteiger partial charge in [-0.05, 0) is 74.7 Å². The Morgan fingerprint density at radius 1 is 1.04 bits per heavy atom. The van der Waals surface area contributed by atoms with Gasteiger partial charge in [-0.25, -0.2) is 0 Å². The fourth-order valence-electron chi connectivity index (χ4n) is 2.21. The summed E-state index contributed by atoms with van der Waals surface area (Å²) < 4.78 is 5.35. The molecule has 1 atom stereocenters. The van der Waals surface area contributed by atoms with Crippen LogP contribution in [-0.2, 0) is 9.53 Å². The summed E-state index contributed by atoms with van der Waals surface area (Å²) in [5.74, 6) is 1.17. The van der Waals surface area contributed by atoms with Crippen molar-refractivity contribution in [3.05, 3.63) is 47.5 Å². The lowest BCUT2D eigenvalue weighted by Gasteiger charge is -2.12. The molecule has 2 aromatic carbocycles. The third-order valence-corrected chi connectivity index (χ3v) is 5.94. The first-order chi connectivity index (χ1) is 12.4. The molecule has 0 aliphatic rings. The quantitative estimate of drug-likeness (QED) is 0.378. The van der Waals surface area contributed by atoms with Gasteiger partial charge in [-0.3, -0.25) is 4.79 Å². The Morgan fingerprint density at radius 3 is 2.23 bits per heavy atom. The molecule has 0 aliphatic heterocycles. The normalized spacial score (nSPS) is 12.0. The zero-order valence-corrected chi connectivity index (χ0v) is 16.8. The number of ether oxygens (including phenoxy) is 1. The van der Waals surface area contributed by atoms with Crippen molar-refractivity contribution in [3.8, 4) is 11.5 Å². The Balaban J connectivity index is 1.69. The molecule has 0 saturated heterocycles. The third-order valence-electron chi connectivity index (χ3n) is 3.78. The van der Waals surface area contributed by atoms with Crippen molar-refractivity contribution in [1.82, 2.24) is 0 Å². The van der Waals surface area contributed by atoms with E-state index in [0.717, 1.165) is 33.1 Å². The first kappa shape index (κ1) is 20.5. The Bertz CT molecular complexity index is 761. The highest BCUT2D eigenvalue weighted by molar-refractivity contribution is 8.00. The summed E-state index contributed by atoms with van der Waals surface area (Å²) in [5, 5.41) is 18.8. The maximum atomic E-state index is 12.1. The van der Waals surface area contributed by atoms with E-state index in [-0.39, 0.29) is 17.0 Å². The number of phenolic OH excluding ortho intramolecular Hbond substituents is 2. The van der Waals surface area contributed by atoms with Crippen LogP contribution in [0.3, 0.4) is 0 Å². The van der Waals surface area contributed by atoms with Crippen LogP contribution in [0.2, 0.25) is 0 Å². The Labute approximate surface area is 163 Å². The number of rotatable bonds is 8. The highest BCUT2D eigenvalue weighted by Crippen LogP contribution is 2.28. The Hall–Kier alpha value is -1.79. The second-order valence-corrected chi connectivity index (χ2v) is 8.61. The highest BCUT2D eigenvalue weighted by atomic mass is 32.2. The van der Waals surface area contributed by atoms with Crippen LogP contribution >= 0.6 is 23.5 Å². The molecule has 2 rings (SSSR count). The topological polar surface area (TPSA) is 66.8 Å². The van der Waals surface area contributed by atoms with Gasteiger partial charge in [-0.15, -0.1) is 23.5 Å². The van der Waals surface area contributed by atoms with Crippen LogP contribution in [0, 0.1) is 13.8 Å². The van der Waals surface area contributed by atoms with E-state index in [4.69, 9.17) is 4.74 Å². The molecule has 0 amide bonds. The van der Waals surface area contributed by atoms with Crippen molar-refractivity contribution < 1.29 is 19.7 Å². The molecule has 4 nitrogen and oxygen atoms in total. The van der Waals surface area contributed by atoms with Gasteiger partial charge in [0.25, 0.3) is 0 Å². The minimum absolute atomic E-state index is 0.230. The second kappa shape index (κ2) is 9.78. The maximum Gasteiger partial charge on any atom is 0.319 e. The molecule has 6 heteroatoms. The molecule has 0 aliphatic carbocycles.